The molecule has 1 N–H and O–H groups in total. The van der Waals surface area contributed by atoms with Crippen LogP contribution in [0.25, 0.3) is 0 Å². The molecular weight excluding hydrogens is 210 g/mol. The molecule has 0 atom stereocenters. The van der Waals surface area contributed by atoms with Crippen molar-refractivity contribution < 1.29 is 8.78 Å². The van der Waals surface area contributed by atoms with Crippen molar-refractivity contribution in [3.05, 3.63) is 29.8 Å². The first-order valence-electron chi connectivity index (χ1n) is 5.55. The van der Waals surface area contributed by atoms with Gasteiger partial charge in [-0.15, -0.1) is 0 Å². The Balaban J connectivity index is 1.96. The zero-order valence-corrected chi connectivity index (χ0v) is 9.34. The van der Waals surface area contributed by atoms with Crippen LogP contribution in [0.15, 0.2) is 18.2 Å². The molecule has 0 unspecified atom stereocenters. The molecule has 16 heavy (non-hydrogen) atoms. The molecule has 0 bridgehead atoms. The second kappa shape index (κ2) is 4.78. The predicted octanol–water partition coefficient (Wildman–Crippen LogP) is 2.47. The van der Waals surface area contributed by atoms with E-state index in [-0.39, 0.29) is 0 Å². The first kappa shape index (κ1) is 11.3. The summed E-state index contributed by atoms with van der Waals surface area (Å²) in [5.41, 5.74) is 0.661. The van der Waals surface area contributed by atoms with Gasteiger partial charge in [0, 0.05) is 17.8 Å². The van der Waals surface area contributed by atoms with Crippen molar-refractivity contribution in [2.24, 2.45) is 0 Å². The molecule has 0 radical (unpaired) electrons. The third-order valence-corrected chi connectivity index (χ3v) is 3.01. The second-order valence-corrected chi connectivity index (χ2v) is 4.35. The molecule has 1 heterocycles. The summed E-state index contributed by atoms with van der Waals surface area (Å²) in [6, 6.07) is 4.32. The minimum Gasteiger partial charge on any atom is -0.382 e. The molecule has 0 saturated carbocycles. The van der Waals surface area contributed by atoms with Crippen molar-refractivity contribution in [3.8, 4) is 0 Å². The van der Waals surface area contributed by atoms with E-state index < -0.39 is 11.6 Å². The summed E-state index contributed by atoms with van der Waals surface area (Å²) in [5.74, 6) is -1.59. The maximum absolute atomic E-state index is 13.0. The number of hydrogen-bond acceptors (Lipinski definition) is 2. The van der Waals surface area contributed by atoms with Crippen molar-refractivity contribution in [2.45, 2.75) is 18.9 Å². The van der Waals surface area contributed by atoms with Gasteiger partial charge in [-0.1, -0.05) is 0 Å². The molecule has 1 aliphatic rings. The maximum atomic E-state index is 13.0. The smallest absolute Gasteiger partial charge is 0.160 e. The number of nitrogens with one attached hydrogen (secondary N) is 1. The maximum Gasteiger partial charge on any atom is 0.160 e. The van der Waals surface area contributed by atoms with E-state index in [0.29, 0.717) is 11.7 Å². The Kier molecular flexibility index (Phi) is 3.39. The van der Waals surface area contributed by atoms with Gasteiger partial charge in [-0.2, -0.15) is 0 Å². The fourth-order valence-corrected chi connectivity index (χ4v) is 1.97. The number of piperidine rings is 1. The molecule has 1 aromatic carbocycles. The van der Waals surface area contributed by atoms with E-state index in [4.69, 9.17) is 0 Å². The minimum atomic E-state index is -0.797. The fourth-order valence-electron chi connectivity index (χ4n) is 1.97. The van der Waals surface area contributed by atoms with Crippen molar-refractivity contribution in [3.63, 3.8) is 0 Å². The number of benzene rings is 1. The SMILES string of the molecule is CN1CCC(Nc2ccc(F)c(F)c2)CC1. The van der Waals surface area contributed by atoms with Crippen molar-refractivity contribution >= 4 is 5.69 Å². The van der Waals surface area contributed by atoms with Crippen molar-refractivity contribution in [2.75, 3.05) is 25.5 Å². The van der Waals surface area contributed by atoms with Crippen molar-refractivity contribution in [1.29, 1.82) is 0 Å². The zero-order chi connectivity index (χ0) is 11.5. The quantitative estimate of drug-likeness (QED) is 0.833. The van der Waals surface area contributed by atoms with Gasteiger partial charge < -0.3 is 10.2 Å². The lowest BCUT2D eigenvalue weighted by Gasteiger charge is -2.30. The Morgan fingerprint density at radius 1 is 1.19 bits per heavy atom. The fraction of sp³-hybridized carbons (Fsp3) is 0.500. The lowest BCUT2D eigenvalue weighted by atomic mass is 10.1. The van der Waals surface area contributed by atoms with E-state index in [1.54, 1.807) is 6.07 Å². The summed E-state index contributed by atoms with van der Waals surface area (Å²) in [6.45, 7) is 2.09. The van der Waals surface area contributed by atoms with E-state index >= 15 is 0 Å². The lowest BCUT2D eigenvalue weighted by Crippen LogP contribution is -2.36. The first-order chi connectivity index (χ1) is 7.65. The number of hydrogen-bond donors (Lipinski definition) is 1. The molecule has 2 rings (SSSR count). The molecule has 1 aromatic rings. The van der Waals surface area contributed by atoms with Crippen LogP contribution in [0.5, 0.6) is 0 Å². The Hall–Kier alpha value is -1.16. The van der Waals surface area contributed by atoms with Crippen molar-refractivity contribution in [1.82, 2.24) is 4.90 Å². The van der Waals surface area contributed by atoms with E-state index in [9.17, 15) is 8.78 Å². The molecule has 1 saturated heterocycles. The third kappa shape index (κ3) is 2.70. The van der Waals surface area contributed by atoms with Gasteiger partial charge in [-0.3, -0.25) is 0 Å². The van der Waals surface area contributed by atoms with E-state index in [1.807, 2.05) is 0 Å². The van der Waals surface area contributed by atoms with Gasteiger partial charge in [0.1, 0.15) is 0 Å². The molecule has 4 heteroatoms. The van der Waals surface area contributed by atoms with Crippen LogP contribution in [0.3, 0.4) is 0 Å². The van der Waals surface area contributed by atoms with E-state index in [1.165, 1.54) is 6.07 Å². The van der Waals surface area contributed by atoms with Crippen LogP contribution in [0, 0.1) is 11.6 Å². The summed E-state index contributed by atoms with van der Waals surface area (Å²) in [7, 11) is 2.09. The normalized spacial score (nSPS) is 18.7. The highest BCUT2D eigenvalue weighted by Gasteiger charge is 2.16. The van der Waals surface area contributed by atoms with Crippen LogP contribution in [-0.2, 0) is 0 Å². The monoisotopic (exact) mass is 226 g/mol. The van der Waals surface area contributed by atoms with Crippen LogP contribution in [-0.4, -0.2) is 31.1 Å². The van der Waals surface area contributed by atoms with Crippen LogP contribution >= 0.6 is 0 Å². The summed E-state index contributed by atoms with van der Waals surface area (Å²) in [4.78, 5) is 2.27. The molecule has 2 nitrogen and oxygen atoms in total. The lowest BCUT2D eigenvalue weighted by molar-refractivity contribution is 0.264. The van der Waals surface area contributed by atoms with Gasteiger partial charge in [0.05, 0.1) is 0 Å². The standard InChI is InChI=1S/C12H16F2N2/c1-16-6-4-9(5-7-16)15-10-2-3-11(13)12(14)8-10/h2-3,8-9,15H,4-7H2,1H3. The largest absolute Gasteiger partial charge is 0.382 e. The molecule has 0 aliphatic carbocycles. The number of halogens is 2. The van der Waals surface area contributed by atoms with Crippen LogP contribution in [0.1, 0.15) is 12.8 Å². The summed E-state index contributed by atoms with van der Waals surface area (Å²) in [5, 5.41) is 3.24. The highest BCUT2D eigenvalue weighted by Crippen LogP contribution is 2.18. The molecular formula is C12H16F2N2. The number of likely N-dealkylation sites (tertiary alicyclic amines) is 1. The van der Waals surface area contributed by atoms with Gasteiger partial charge >= 0.3 is 0 Å². The second-order valence-electron chi connectivity index (χ2n) is 4.35. The molecule has 1 aliphatic heterocycles. The molecule has 0 aromatic heterocycles. The number of anilines is 1. The van der Waals surface area contributed by atoms with Gasteiger partial charge in [0.2, 0.25) is 0 Å². The molecule has 1 fully saturated rings. The molecule has 0 amide bonds. The highest BCUT2D eigenvalue weighted by molar-refractivity contribution is 5.44. The summed E-state index contributed by atoms with van der Waals surface area (Å²) in [6.07, 6.45) is 2.07. The Morgan fingerprint density at radius 3 is 2.50 bits per heavy atom. The minimum absolute atomic E-state index is 0.362. The average Bonchev–Trinajstić information content (AvgIpc) is 2.27. The summed E-state index contributed by atoms with van der Waals surface area (Å²) >= 11 is 0. The summed E-state index contributed by atoms with van der Waals surface area (Å²) < 4.78 is 25.7. The van der Waals surface area contributed by atoms with Gasteiger partial charge in [0.25, 0.3) is 0 Å². The topological polar surface area (TPSA) is 15.3 Å². The predicted molar refractivity (Wildman–Crippen MR) is 60.5 cm³/mol. The van der Waals surface area contributed by atoms with E-state index in [0.717, 1.165) is 32.0 Å². The van der Waals surface area contributed by atoms with Crippen LogP contribution in [0.4, 0.5) is 14.5 Å². The van der Waals surface area contributed by atoms with Gasteiger partial charge in [0.15, 0.2) is 11.6 Å². The van der Waals surface area contributed by atoms with Crippen LogP contribution < -0.4 is 5.32 Å². The Bertz CT molecular complexity index is 360. The zero-order valence-electron chi connectivity index (χ0n) is 9.34. The Labute approximate surface area is 94.3 Å². The molecule has 88 valence electrons. The molecule has 0 spiro atoms. The average molecular weight is 226 g/mol. The van der Waals surface area contributed by atoms with Gasteiger partial charge in [-0.25, -0.2) is 8.78 Å². The van der Waals surface area contributed by atoms with Gasteiger partial charge in [-0.05, 0) is 45.1 Å². The number of nitrogens with zero attached hydrogens (tertiary/aromatic N) is 1. The Morgan fingerprint density at radius 2 is 1.88 bits per heavy atom. The van der Waals surface area contributed by atoms with Crippen LogP contribution in [0.2, 0.25) is 0 Å². The van der Waals surface area contributed by atoms with E-state index in [2.05, 4.69) is 17.3 Å². The first-order valence-corrected chi connectivity index (χ1v) is 5.55. The highest BCUT2D eigenvalue weighted by atomic mass is 19.2. The number of rotatable bonds is 2. The third-order valence-electron chi connectivity index (χ3n) is 3.01.